The number of carbonyl (C=O) groups is 3. The number of amides is 3. The summed E-state index contributed by atoms with van der Waals surface area (Å²) in [5, 5.41) is 0. The van der Waals surface area contributed by atoms with Gasteiger partial charge < -0.3 is 10.5 Å². The Kier molecular flexibility index (Phi) is 3.65. The number of nitrogens with zero attached hydrogens (tertiary/aromatic N) is 1. The number of carbonyl (C=O) groups excluding carboxylic acids is 3. The lowest BCUT2D eigenvalue weighted by Crippen LogP contribution is -2.34. The molecule has 1 heterocycles. The topological polar surface area (TPSA) is 89.7 Å². The Morgan fingerprint density at radius 2 is 2.27 bits per heavy atom. The summed E-state index contributed by atoms with van der Waals surface area (Å²) in [7, 11) is 0. The number of likely N-dealkylation sites (tertiary alicyclic amines) is 1. The lowest BCUT2D eigenvalue weighted by Gasteiger charge is -2.13. The van der Waals surface area contributed by atoms with Crippen molar-refractivity contribution in [2.75, 3.05) is 13.2 Å². The molecule has 0 aromatic rings. The molecule has 1 unspecified atom stereocenters. The van der Waals surface area contributed by atoms with E-state index >= 15 is 0 Å². The van der Waals surface area contributed by atoms with Gasteiger partial charge in [-0.25, -0.2) is 4.79 Å². The molecule has 0 bridgehead atoms. The Morgan fingerprint density at radius 3 is 2.73 bits per heavy atom. The highest BCUT2D eigenvalue weighted by Crippen LogP contribution is 2.21. The van der Waals surface area contributed by atoms with E-state index in [1.165, 1.54) is 0 Å². The maximum absolute atomic E-state index is 11.6. The van der Waals surface area contributed by atoms with Crippen molar-refractivity contribution in [2.24, 2.45) is 11.7 Å². The van der Waals surface area contributed by atoms with Crippen LogP contribution >= 0.6 is 0 Å². The fraction of sp³-hybridized carbons (Fsp3) is 0.667. The highest BCUT2D eigenvalue weighted by molar-refractivity contribution is 6.03. The third-order valence-corrected chi connectivity index (χ3v) is 2.39. The van der Waals surface area contributed by atoms with E-state index in [0.29, 0.717) is 6.42 Å². The average molecular weight is 214 g/mol. The van der Waals surface area contributed by atoms with Crippen molar-refractivity contribution in [1.29, 1.82) is 0 Å². The van der Waals surface area contributed by atoms with E-state index in [-0.39, 0.29) is 37.3 Å². The Morgan fingerprint density at radius 1 is 1.60 bits per heavy atom. The minimum atomic E-state index is -0.902. The summed E-state index contributed by atoms with van der Waals surface area (Å²) in [5.74, 6) is -0.610. The first-order valence-corrected chi connectivity index (χ1v) is 4.82. The number of rotatable bonds is 4. The van der Waals surface area contributed by atoms with Crippen LogP contribution in [0.2, 0.25) is 0 Å². The van der Waals surface area contributed by atoms with Gasteiger partial charge in [0.05, 0.1) is 6.54 Å². The fourth-order valence-electron chi connectivity index (χ4n) is 1.54. The fourth-order valence-corrected chi connectivity index (χ4v) is 1.54. The molecule has 0 aliphatic carbocycles. The zero-order chi connectivity index (χ0) is 11.4. The summed E-state index contributed by atoms with van der Waals surface area (Å²) < 4.78 is 4.46. The number of hydrogen-bond donors (Lipinski definition) is 1. The second-order valence-electron chi connectivity index (χ2n) is 3.36. The third-order valence-electron chi connectivity index (χ3n) is 2.39. The number of primary amides is 1. The van der Waals surface area contributed by atoms with Gasteiger partial charge in [-0.3, -0.25) is 14.5 Å². The van der Waals surface area contributed by atoms with Crippen LogP contribution in [0.25, 0.3) is 0 Å². The molecule has 1 saturated heterocycles. The summed E-state index contributed by atoms with van der Waals surface area (Å²) in [6.45, 7) is 1.92. The second kappa shape index (κ2) is 4.77. The van der Waals surface area contributed by atoms with Crippen LogP contribution in [0.4, 0.5) is 4.79 Å². The minimum Gasteiger partial charge on any atom is -0.448 e. The molecule has 1 rings (SSSR count). The zero-order valence-electron chi connectivity index (χ0n) is 8.56. The molecule has 1 fully saturated rings. The van der Waals surface area contributed by atoms with Gasteiger partial charge in [0, 0.05) is 12.3 Å². The highest BCUT2D eigenvalue weighted by Gasteiger charge is 2.36. The van der Waals surface area contributed by atoms with E-state index in [2.05, 4.69) is 4.74 Å². The quantitative estimate of drug-likeness (QED) is 0.660. The van der Waals surface area contributed by atoms with Crippen molar-refractivity contribution in [1.82, 2.24) is 4.90 Å². The molecular formula is C9H14N2O4. The van der Waals surface area contributed by atoms with E-state index in [1.54, 1.807) is 0 Å². The molecule has 3 amide bonds. The normalized spacial score (nSPS) is 20.9. The Balaban J connectivity index is 2.44. The smallest absolute Gasteiger partial charge is 0.404 e. The van der Waals surface area contributed by atoms with Gasteiger partial charge in [-0.05, 0) is 6.42 Å². The van der Waals surface area contributed by atoms with Crippen LogP contribution in [0.5, 0.6) is 0 Å². The molecule has 15 heavy (non-hydrogen) atoms. The predicted octanol–water partition coefficient (Wildman–Crippen LogP) is -0.133. The van der Waals surface area contributed by atoms with Crippen molar-refractivity contribution >= 4 is 17.9 Å². The maximum atomic E-state index is 11.6. The van der Waals surface area contributed by atoms with Crippen molar-refractivity contribution < 1.29 is 19.1 Å². The molecule has 0 aromatic carbocycles. The summed E-state index contributed by atoms with van der Waals surface area (Å²) in [5.41, 5.74) is 4.75. The minimum absolute atomic E-state index is 0.0384. The molecule has 0 radical (unpaired) electrons. The maximum Gasteiger partial charge on any atom is 0.404 e. The number of hydrogen-bond acceptors (Lipinski definition) is 4. The number of imide groups is 1. The number of ether oxygens (including phenoxy) is 1. The van der Waals surface area contributed by atoms with Gasteiger partial charge in [0.15, 0.2) is 0 Å². The Bertz CT molecular complexity index is 290. The van der Waals surface area contributed by atoms with Crippen molar-refractivity contribution in [2.45, 2.75) is 19.8 Å². The molecule has 6 heteroatoms. The molecule has 1 aliphatic heterocycles. The summed E-state index contributed by atoms with van der Waals surface area (Å²) in [6.07, 6.45) is 0.00468. The lowest BCUT2D eigenvalue weighted by molar-refractivity contribution is -0.139. The summed E-state index contributed by atoms with van der Waals surface area (Å²) >= 11 is 0. The zero-order valence-corrected chi connectivity index (χ0v) is 8.56. The molecule has 1 aliphatic rings. The van der Waals surface area contributed by atoms with Gasteiger partial charge in [0.1, 0.15) is 6.61 Å². The first-order chi connectivity index (χ1) is 7.06. The van der Waals surface area contributed by atoms with Crippen molar-refractivity contribution in [3.05, 3.63) is 0 Å². The van der Waals surface area contributed by atoms with Crippen LogP contribution in [0.15, 0.2) is 0 Å². The molecule has 0 saturated carbocycles. The van der Waals surface area contributed by atoms with Crippen LogP contribution in [-0.4, -0.2) is 36.0 Å². The number of nitrogens with two attached hydrogens (primary N) is 1. The van der Waals surface area contributed by atoms with E-state index in [9.17, 15) is 14.4 Å². The van der Waals surface area contributed by atoms with Gasteiger partial charge in [0.25, 0.3) is 0 Å². The third kappa shape index (κ3) is 2.68. The first kappa shape index (κ1) is 11.5. The summed E-state index contributed by atoms with van der Waals surface area (Å²) in [6, 6.07) is 0. The summed E-state index contributed by atoms with van der Waals surface area (Å²) in [4.78, 5) is 34.3. The van der Waals surface area contributed by atoms with Crippen LogP contribution in [0.1, 0.15) is 19.8 Å². The molecule has 6 nitrogen and oxygen atoms in total. The van der Waals surface area contributed by atoms with Crippen molar-refractivity contribution in [3.63, 3.8) is 0 Å². The molecule has 1 atom stereocenters. The molecule has 0 spiro atoms. The van der Waals surface area contributed by atoms with E-state index in [0.717, 1.165) is 4.90 Å². The van der Waals surface area contributed by atoms with Gasteiger partial charge in [0.2, 0.25) is 11.8 Å². The predicted molar refractivity (Wildman–Crippen MR) is 50.7 cm³/mol. The average Bonchev–Trinajstić information content (AvgIpc) is 2.44. The van der Waals surface area contributed by atoms with E-state index in [1.807, 2.05) is 6.92 Å². The highest BCUT2D eigenvalue weighted by atomic mass is 16.5. The van der Waals surface area contributed by atoms with Gasteiger partial charge in [-0.2, -0.15) is 0 Å². The van der Waals surface area contributed by atoms with E-state index in [4.69, 9.17) is 5.73 Å². The lowest BCUT2D eigenvalue weighted by atomic mass is 10.1. The van der Waals surface area contributed by atoms with Crippen molar-refractivity contribution in [3.8, 4) is 0 Å². The van der Waals surface area contributed by atoms with Gasteiger partial charge >= 0.3 is 6.09 Å². The van der Waals surface area contributed by atoms with Gasteiger partial charge in [-0.1, -0.05) is 6.92 Å². The van der Waals surface area contributed by atoms with Crippen LogP contribution in [-0.2, 0) is 14.3 Å². The second-order valence-corrected chi connectivity index (χ2v) is 3.36. The molecular weight excluding hydrogens is 200 g/mol. The van der Waals surface area contributed by atoms with Crippen LogP contribution in [0, 0.1) is 5.92 Å². The SMILES string of the molecule is CCC1CC(=O)N(CCOC(N)=O)C1=O. The monoisotopic (exact) mass is 214 g/mol. The molecule has 2 N–H and O–H groups in total. The first-order valence-electron chi connectivity index (χ1n) is 4.82. The van der Waals surface area contributed by atoms with E-state index < -0.39 is 6.09 Å². The Labute approximate surface area is 87.4 Å². The largest absolute Gasteiger partial charge is 0.448 e. The van der Waals surface area contributed by atoms with Crippen LogP contribution < -0.4 is 5.73 Å². The molecule has 84 valence electrons. The standard InChI is InChI=1S/C9H14N2O4/c1-2-6-5-7(12)11(8(6)13)3-4-15-9(10)14/h6H,2-5H2,1H3,(H2,10,14). The van der Waals surface area contributed by atoms with Crippen LogP contribution in [0.3, 0.4) is 0 Å². The Hall–Kier alpha value is -1.59. The van der Waals surface area contributed by atoms with Gasteiger partial charge in [-0.15, -0.1) is 0 Å². The molecule has 0 aromatic heterocycles.